The minimum absolute atomic E-state index is 0.633. The van der Waals surface area contributed by atoms with Crippen LogP contribution < -0.4 is 0 Å². The first kappa shape index (κ1) is 18.2. The van der Waals surface area contributed by atoms with Gasteiger partial charge >= 0.3 is 63.3 Å². The van der Waals surface area contributed by atoms with Crippen molar-refractivity contribution in [2.75, 3.05) is 0 Å². The molecule has 3 aromatic rings. The fourth-order valence-electron chi connectivity index (χ4n) is 1.41. The van der Waals surface area contributed by atoms with Crippen molar-refractivity contribution in [3.63, 3.8) is 0 Å². The maximum atomic E-state index is 2.89. The molecule has 3 aromatic carbocycles. The zero-order valence-electron chi connectivity index (χ0n) is 10.1. The standard InChI is InChI=1S/C9H7.C6H5.3HI.Zr/c1-2-5-9-7-3-6-8(9)4-1;1-2-4-6-5-3-1;;;;/h1-7H;1-5H;3*1H;/q2*-1;;;;+3/p-3. The molecule has 99 valence electrons. The van der Waals surface area contributed by atoms with Gasteiger partial charge in [-0.3, -0.25) is 0 Å². The summed E-state index contributed by atoms with van der Waals surface area (Å²) in [5, 5.41) is 2.66. The van der Waals surface area contributed by atoms with Crippen molar-refractivity contribution in [1.82, 2.24) is 0 Å². The monoisotopic (exact) mass is 663 g/mol. The maximum absolute atomic E-state index is 2.89. The third-order valence-electron chi connectivity index (χ3n) is 2.15. The molecule has 0 fully saturated rings. The summed E-state index contributed by atoms with van der Waals surface area (Å²) in [6.07, 6.45) is 0. The molecule has 0 nitrogen and oxygen atoms in total. The molecule has 0 aromatic heterocycles. The van der Waals surface area contributed by atoms with Crippen LogP contribution in [0.1, 0.15) is 0 Å². The van der Waals surface area contributed by atoms with E-state index in [1.165, 1.54) is 10.8 Å². The number of rotatable bonds is 0. The van der Waals surface area contributed by atoms with Gasteiger partial charge in [0.25, 0.3) is 0 Å². The number of hydrogen-bond acceptors (Lipinski definition) is 0. The van der Waals surface area contributed by atoms with Crippen molar-refractivity contribution in [2.45, 2.75) is 0 Å². The van der Waals surface area contributed by atoms with Crippen LogP contribution in [0.4, 0.5) is 0 Å². The van der Waals surface area contributed by atoms with E-state index in [0.717, 1.165) is 0 Å². The van der Waals surface area contributed by atoms with Crippen molar-refractivity contribution >= 4 is 64.9 Å². The summed E-state index contributed by atoms with van der Waals surface area (Å²) in [5.74, 6) is 0. The first-order valence-electron chi connectivity index (χ1n) is 5.55. The summed E-state index contributed by atoms with van der Waals surface area (Å²) in [4.78, 5) is 0. The van der Waals surface area contributed by atoms with Crippen LogP contribution in [0.2, 0.25) is 0 Å². The molecule has 19 heavy (non-hydrogen) atoms. The van der Waals surface area contributed by atoms with Gasteiger partial charge in [-0.2, -0.15) is 53.9 Å². The molecule has 0 amide bonds. The Balaban J connectivity index is 0.000000158. The summed E-state index contributed by atoms with van der Waals surface area (Å²) < 4.78 is 0. The van der Waals surface area contributed by atoms with E-state index >= 15 is 0 Å². The Hall–Kier alpha value is 1.12. The summed E-state index contributed by atoms with van der Waals surface area (Å²) in [6.45, 7) is 0. The molecule has 0 spiro atoms. The van der Waals surface area contributed by atoms with Crippen molar-refractivity contribution < 1.29 is 9.18 Å². The van der Waals surface area contributed by atoms with Gasteiger partial charge in [0.2, 0.25) is 0 Å². The molecule has 0 radical (unpaired) electrons. The third-order valence-corrected chi connectivity index (χ3v) is 2.15. The second-order valence-electron chi connectivity index (χ2n) is 3.45. The Labute approximate surface area is 150 Å². The normalized spacial score (nSPS) is 8.79. The molecule has 0 aliphatic heterocycles. The molecular formula is C15H12I3Zr-2. The zero-order valence-corrected chi connectivity index (χ0v) is 19.0. The van der Waals surface area contributed by atoms with Gasteiger partial charge in [-0.1, -0.05) is 6.07 Å². The van der Waals surface area contributed by atoms with Crippen LogP contribution in [0.5, 0.6) is 0 Å². The van der Waals surface area contributed by atoms with Gasteiger partial charge in [-0.05, 0) is 0 Å². The van der Waals surface area contributed by atoms with Crippen molar-refractivity contribution in [1.29, 1.82) is 0 Å². The molecule has 0 saturated carbocycles. The van der Waals surface area contributed by atoms with Gasteiger partial charge in [-0.15, -0.1) is 29.7 Å². The Morgan fingerprint density at radius 2 is 1.47 bits per heavy atom. The maximum Gasteiger partial charge on any atom is -0.0809 e. The van der Waals surface area contributed by atoms with E-state index in [4.69, 9.17) is 0 Å². The van der Waals surface area contributed by atoms with Gasteiger partial charge < -0.3 is 0 Å². The Kier molecular flexibility index (Phi) is 11.2. The Bertz CT molecular complexity index is 490. The summed E-state index contributed by atoms with van der Waals surface area (Å²) >= 11 is 7.54. The quantitative estimate of drug-likeness (QED) is 0.186. The second-order valence-corrected chi connectivity index (χ2v) is 60.3. The molecular weight excluding hydrogens is 652 g/mol. The fourth-order valence-corrected chi connectivity index (χ4v) is 1.41. The van der Waals surface area contributed by atoms with Crippen LogP contribution in [0.25, 0.3) is 10.8 Å². The van der Waals surface area contributed by atoms with Gasteiger partial charge in [0.05, 0.1) is 0 Å². The topological polar surface area (TPSA) is 0 Å². The Morgan fingerprint density at radius 1 is 0.842 bits per heavy atom. The van der Waals surface area contributed by atoms with Crippen LogP contribution in [-0.4, -0.2) is 0 Å². The second kappa shape index (κ2) is 11.7. The third kappa shape index (κ3) is 9.64. The number of halogens is 3. The van der Waals surface area contributed by atoms with Crippen molar-refractivity contribution in [2.24, 2.45) is 0 Å². The molecule has 0 atom stereocenters. The van der Waals surface area contributed by atoms with E-state index in [1.54, 1.807) is 0 Å². The van der Waals surface area contributed by atoms with E-state index in [0.29, 0.717) is 0 Å². The first-order chi connectivity index (χ1) is 9.20. The molecule has 0 aliphatic carbocycles. The molecule has 0 heterocycles. The number of benzene rings is 2. The molecule has 0 bridgehead atoms. The SMILES string of the molecule is [I][Zr]([I])[I].[c-]1ccccc1.c1ccc2[cH-]ccc2c1. The molecule has 3 rings (SSSR count). The van der Waals surface area contributed by atoms with Crippen LogP contribution >= 0.6 is 54.1 Å². The van der Waals surface area contributed by atoms with Crippen molar-refractivity contribution in [3.05, 3.63) is 78.9 Å². The van der Waals surface area contributed by atoms with Crippen LogP contribution in [-0.2, 0) is 9.18 Å². The minimum atomic E-state index is -0.633. The smallest absolute Gasteiger partial charge is 0.0809 e. The predicted molar refractivity (Wildman–Crippen MR) is 107 cm³/mol. The van der Waals surface area contributed by atoms with Gasteiger partial charge in [0.1, 0.15) is 0 Å². The van der Waals surface area contributed by atoms with Gasteiger partial charge in [-0.25, -0.2) is 0 Å². The van der Waals surface area contributed by atoms with Crippen molar-refractivity contribution in [3.8, 4) is 0 Å². The van der Waals surface area contributed by atoms with E-state index in [-0.39, 0.29) is 0 Å². The zero-order chi connectivity index (χ0) is 13.9. The number of hydrogen-bond donors (Lipinski definition) is 0. The summed E-state index contributed by atoms with van der Waals surface area (Å²) in [7, 11) is -0.633. The first-order valence-corrected chi connectivity index (χ1v) is 27.5. The minimum Gasteiger partial charge on any atom is -0.184 e. The summed E-state index contributed by atoms with van der Waals surface area (Å²) in [5.41, 5.74) is 0. The van der Waals surface area contributed by atoms with E-state index < -0.39 is 9.18 Å². The molecule has 0 aliphatic rings. The van der Waals surface area contributed by atoms with Crippen LogP contribution in [0.15, 0.2) is 72.8 Å². The molecule has 4 heteroatoms. The van der Waals surface area contributed by atoms with Gasteiger partial charge in [0.15, 0.2) is 0 Å². The van der Waals surface area contributed by atoms with E-state index in [2.05, 4.69) is 103 Å². The molecule has 0 unspecified atom stereocenters. The van der Waals surface area contributed by atoms with E-state index in [1.807, 2.05) is 30.3 Å². The van der Waals surface area contributed by atoms with Gasteiger partial charge in [0, 0.05) is 0 Å². The Morgan fingerprint density at radius 3 is 1.95 bits per heavy atom. The average Bonchev–Trinajstić information content (AvgIpc) is 2.89. The van der Waals surface area contributed by atoms with E-state index in [9.17, 15) is 0 Å². The largest absolute Gasteiger partial charge is 0.184 e. The van der Waals surface area contributed by atoms with Crippen LogP contribution in [0.3, 0.4) is 0 Å². The average molecular weight is 664 g/mol. The molecule has 0 N–H and O–H groups in total. The number of fused-ring (bicyclic) bond motifs is 1. The predicted octanol–water partition coefficient (Wildman–Crippen LogP) is 6.70. The van der Waals surface area contributed by atoms with Crippen LogP contribution in [0, 0.1) is 6.07 Å². The molecule has 0 saturated heterocycles. The summed E-state index contributed by atoms with van der Waals surface area (Å²) in [6, 6.07) is 27.2. The fraction of sp³-hybridized carbons (Fsp3) is 0.